The Hall–Kier alpha value is -5.90. The lowest BCUT2D eigenvalue weighted by Gasteiger charge is -2.30. The van der Waals surface area contributed by atoms with Crippen molar-refractivity contribution >= 4 is 81.7 Å². The van der Waals surface area contributed by atoms with E-state index in [-0.39, 0.29) is 127 Å². The highest BCUT2D eigenvalue weighted by molar-refractivity contribution is 5.92. The molecule has 0 N–H and O–H groups in total. The molecule has 0 aliphatic rings. The minimum atomic E-state index is -0.587. The van der Waals surface area contributed by atoms with Crippen molar-refractivity contribution in [2.75, 3.05) is 80.0 Å². The maximum atomic E-state index is 13.0. The fourth-order valence-corrected chi connectivity index (χ4v) is 7.65. The third kappa shape index (κ3) is 40.3. The molecule has 454 valence electrons. The topological polar surface area (TPSA) is 273 Å². The van der Waals surface area contributed by atoms with Gasteiger partial charge < -0.3 is 28.4 Å². The summed E-state index contributed by atoms with van der Waals surface area (Å²) in [6.45, 7) is 24.6. The quantitative estimate of drug-likeness (QED) is 0.0336. The van der Waals surface area contributed by atoms with Crippen molar-refractivity contribution in [1.29, 1.82) is 0 Å². The van der Waals surface area contributed by atoms with Crippen molar-refractivity contribution in [2.45, 2.75) is 210 Å². The van der Waals surface area contributed by atoms with Crippen LogP contribution in [0.1, 0.15) is 173 Å². The number of ketones is 2. The summed E-state index contributed by atoms with van der Waals surface area (Å²) >= 11 is 0. The maximum absolute atomic E-state index is 13.0. The number of aliphatic imine (C=N–C) groups is 6. The molecule has 0 bridgehead atoms. The average molecular weight is 1130 g/mol. The van der Waals surface area contributed by atoms with Gasteiger partial charge in [0.2, 0.25) is 0 Å². The van der Waals surface area contributed by atoms with Gasteiger partial charge in [-0.1, -0.05) is 6.92 Å². The van der Waals surface area contributed by atoms with E-state index in [1.807, 2.05) is 30.6 Å². The second-order valence-corrected chi connectivity index (χ2v) is 20.7. The molecule has 0 aromatic carbocycles. The molecule has 0 saturated heterocycles. The molecule has 0 heterocycles. The van der Waals surface area contributed by atoms with Crippen molar-refractivity contribution < 1.29 is 66.8 Å². The van der Waals surface area contributed by atoms with Crippen LogP contribution in [-0.2, 0) is 66.8 Å². The van der Waals surface area contributed by atoms with E-state index in [2.05, 4.69) is 30.0 Å². The van der Waals surface area contributed by atoms with Gasteiger partial charge in [-0.3, -0.25) is 78.1 Å². The van der Waals surface area contributed by atoms with Crippen molar-refractivity contribution in [3.05, 3.63) is 0 Å². The normalized spacial score (nSPS) is 15.1. The fraction of sp³-hybridized carbons (Fsp3) is 0.759. The Bertz CT molecular complexity index is 2110. The molecule has 0 aromatic rings. The lowest BCUT2D eigenvalue weighted by atomic mass is 10.2. The van der Waals surface area contributed by atoms with Crippen LogP contribution in [0, 0.1) is 0 Å². The standard InChI is InChI=1S/C58H98N8O14/c1-17-51(67)30-62-42(5)21-27-56(72)78-48(11)37-66(35-47(10)77-55(71)26-20-41(4)61-16)38-50(13)80-58(74)29-23-44(7)64-32-52(68)31-63-43(6)22-28-57(73)79-49(12)36-65(33-45(8)75-53(69)24-18-39(2)59-14)34-46(9)76-54(70)25-19-40(3)60-15/h45-50H,17-38H2,1-16H3. The second kappa shape index (κ2) is 42.9. The van der Waals surface area contributed by atoms with Gasteiger partial charge in [-0.25, -0.2) is 0 Å². The Kier molecular flexibility index (Phi) is 39.7. The molecule has 0 saturated carbocycles. The summed E-state index contributed by atoms with van der Waals surface area (Å²) in [6.07, 6.45) is 0.215. The van der Waals surface area contributed by atoms with Gasteiger partial charge in [-0.15, -0.1) is 0 Å². The van der Waals surface area contributed by atoms with E-state index >= 15 is 0 Å². The first kappa shape index (κ1) is 74.1. The number of carbonyl (C=O) groups is 8. The molecule has 6 atom stereocenters. The maximum Gasteiger partial charge on any atom is 0.306 e. The number of Topliss-reactive ketones (excluding diaryl/α,β-unsaturated/α-hetero) is 2. The number of hydrogen-bond acceptors (Lipinski definition) is 22. The van der Waals surface area contributed by atoms with Crippen LogP contribution in [0.3, 0.4) is 0 Å². The van der Waals surface area contributed by atoms with Gasteiger partial charge in [0.15, 0.2) is 11.6 Å². The Morgan fingerprint density at radius 2 is 0.500 bits per heavy atom. The minimum Gasteiger partial charge on any atom is -0.461 e. The minimum absolute atomic E-state index is 0.0168. The summed E-state index contributed by atoms with van der Waals surface area (Å²) in [5.41, 5.74) is 4.36. The third-order valence-corrected chi connectivity index (χ3v) is 12.3. The molecule has 6 unspecified atom stereocenters. The zero-order valence-corrected chi connectivity index (χ0v) is 51.3. The lowest BCUT2D eigenvalue weighted by molar-refractivity contribution is -0.154. The third-order valence-electron chi connectivity index (χ3n) is 12.3. The zero-order valence-electron chi connectivity index (χ0n) is 51.3. The molecule has 0 fully saturated rings. The van der Waals surface area contributed by atoms with Gasteiger partial charge in [0.25, 0.3) is 0 Å². The van der Waals surface area contributed by atoms with Crippen LogP contribution < -0.4 is 0 Å². The summed E-state index contributed by atoms with van der Waals surface area (Å²) in [5, 5.41) is 0. The molecule has 0 rings (SSSR count). The lowest BCUT2D eigenvalue weighted by Crippen LogP contribution is -2.43. The smallest absolute Gasteiger partial charge is 0.306 e. The Morgan fingerprint density at radius 1 is 0.312 bits per heavy atom. The van der Waals surface area contributed by atoms with Crippen LogP contribution in [0.25, 0.3) is 0 Å². The monoisotopic (exact) mass is 1130 g/mol. The number of rotatable bonds is 43. The van der Waals surface area contributed by atoms with Crippen molar-refractivity contribution in [1.82, 2.24) is 9.80 Å². The second-order valence-electron chi connectivity index (χ2n) is 20.7. The number of hydrogen-bond donors (Lipinski definition) is 0. The number of carbonyl (C=O) groups excluding carboxylic acids is 8. The molecule has 22 heteroatoms. The molecular weight excluding hydrogens is 1030 g/mol. The SMILES string of the molecule is CCC(=O)CN=C(C)CCC(=O)OC(C)CN(CC(C)OC(=O)CCC(C)=NC)CC(C)OC(=O)CCC(C)=NCC(=O)CN=C(C)CCC(=O)OC(C)CN(CC(C)OC(=O)CCC(C)=NC)CC(C)OC(=O)CCC(C)=NC. The highest BCUT2D eigenvalue weighted by Crippen LogP contribution is 2.12. The molecule has 0 aliphatic carbocycles. The fourth-order valence-electron chi connectivity index (χ4n) is 7.65. The van der Waals surface area contributed by atoms with Gasteiger partial charge in [0.05, 0.1) is 58.2 Å². The molecule has 0 aromatic heterocycles. The summed E-state index contributed by atoms with van der Waals surface area (Å²) in [7, 11) is 5.01. The number of esters is 6. The summed E-state index contributed by atoms with van der Waals surface area (Å²) < 4.78 is 34.1. The molecule has 0 amide bonds. The zero-order chi connectivity index (χ0) is 60.7. The van der Waals surface area contributed by atoms with Crippen LogP contribution in [0.2, 0.25) is 0 Å². The molecule has 80 heavy (non-hydrogen) atoms. The predicted molar refractivity (Wildman–Crippen MR) is 313 cm³/mol. The van der Waals surface area contributed by atoms with E-state index < -0.39 is 54.5 Å². The highest BCUT2D eigenvalue weighted by atomic mass is 16.6. The van der Waals surface area contributed by atoms with E-state index in [9.17, 15) is 38.4 Å². The molecule has 22 nitrogen and oxygen atoms in total. The van der Waals surface area contributed by atoms with E-state index in [1.165, 1.54) is 0 Å². The summed E-state index contributed by atoms with van der Waals surface area (Å²) in [5.74, 6) is -2.67. The first-order chi connectivity index (χ1) is 37.7. The van der Waals surface area contributed by atoms with E-state index in [0.29, 0.717) is 62.3 Å². The Balaban J connectivity index is 5.34. The molecule has 0 aliphatic heterocycles. The van der Waals surface area contributed by atoms with Crippen LogP contribution in [0.5, 0.6) is 0 Å². The first-order valence-corrected chi connectivity index (χ1v) is 28.1. The Morgan fingerprint density at radius 3 is 0.688 bits per heavy atom. The largest absolute Gasteiger partial charge is 0.461 e. The first-order valence-electron chi connectivity index (χ1n) is 28.1. The van der Waals surface area contributed by atoms with Crippen LogP contribution in [0.15, 0.2) is 30.0 Å². The van der Waals surface area contributed by atoms with E-state index in [1.54, 1.807) is 90.4 Å². The summed E-state index contributed by atoms with van der Waals surface area (Å²) in [6, 6.07) is 0. The van der Waals surface area contributed by atoms with Gasteiger partial charge in [-0.2, -0.15) is 0 Å². The van der Waals surface area contributed by atoms with E-state index in [4.69, 9.17) is 28.4 Å². The van der Waals surface area contributed by atoms with Gasteiger partial charge in [-0.05, 0) is 122 Å². The van der Waals surface area contributed by atoms with Gasteiger partial charge in [0.1, 0.15) is 36.6 Å². The van der Waals surface area contributed by atoms with Crippen molar-refractivity contribution in [2.24, 2.45) is 30.0 Å². The summed E-state index contributed by atoms with van der Waals surface area (Å²) in [4.78, 5) is 130. The average Bonchev–Trinajstić information content (AvgIpc) is 3.38. The Labute approximate surface area is 476 Å². The number of ether oxygens (including phenoxy) is 6. The molecule has 0 spiro atoms. The van der Waals surface area contributed by atoms with Crippen molar-refractivity contribution in [3.8, 4) is 0 Å². The predicted octanol–water partition coefficient (Wildman–Crippen LogP) is 7.06. The van der Waals surface area contributed by atoms with Gasteiger partial charge >= 0.3 is 35.8 Å². The van der Waals surface area contributed by atoms with Crippen LogP contribution in [0.4, 0.5) is 0 Å². The molecule has 0 radical (unpaired) electrons. The molecular formula is C58H98N8O14. The highest BCUT2D eigenvalue weighted by Gasteiger charge is 2.25. The van der Waals surface area contributed by atoms with Crippen molar-refractivity contribution in [3.63, 3.8) is 0 Å². The van der Waals surface area contributed by atoms with E-state index in [0.717, 1.165) is 17.1 Å². The van der Waals surface area contributed by atoms with Crippen LogP contribution >= 0.6 is 0 Å². The van der Waals surface area contributed by atoms with Crippen LogP contribution in [-0.4, -0.2) is 208 Å². The van der Waals surface area contributed by atoms with Gasteiger partial charge in [0, 0.05) is 101 Å². The number of nitrogens with zero attached hydrogens (tertiary/aromatic N) is 8.